The van der Waals surface area contributed by atoms with Crippen molar-refractivity contribution in [2.24, 2.45) is 0 Å². The van der Waals surface area contributed by atoms with E-state index >= 15 is 0 Å². The number of aryl methyl sites for hydroxylation is 1. The van der Waals surface area contributed by atoms with Crippen molar-refractivity contribution in [3.8, 4) is 11.3 Å². The second-order valence-corrected chi connectivity index (χ2v) is 3.61. The monoisotopic (exact) mass is 234 g/mol. The summed E-state index contributed by atoms with van der Waals surface area (Å²) < 4.78 is 12.2. The number of carbonyl (C=O) groups is 1. The number of rotatable bonds is 4. The van der Waals surface area contributed by atoms with Gasteiger partial charge in [-0.05, 0) is 17.7 Å². The molecule has 5 heteroatoms. The Morgan fingerprint density at radius 1 is 1.41 bits per heavy atom. The first kappa shape index (κ1) is 11.3. The van der Waals surface area contributed by atoms with Gasteiger partial charge in [-0.25, -0.2) is 4.79 Å². The molecule has 0 saturated carbocycles. The van der Waals surface area contributed by atoms with Crippen LogP contribution in [0.25, 0.3) is 11.3 Å². The van der Waals surface area contributed by atoms with Crippen LogP contribution in [0.5, 0.6) is 0 Å². The summed E-state index contributed by atoms with van der Waals surface area (Å²) in [5.41, 5.74) is 2.23. The van der Waals surface area contributed by atoms with E-state index in [9.17, 15) is 9.18 Å². The molecule has 0 spiro atoms. The van der Waals surface area contributed by atoms with E-state index in [1.807, 2.05) is 12.1 Å². The molecule has 0 fully saturated rings. The van der Waals surface area contributed by atoms with Crippen LogP contribution in [-0.2, 0) is 6.42 Å². The van der Waals surface area contributed by atoms with Crippen molar-refractivity contribution in [2.45, 2.75) is 6.42 Å². The van der Waals surface area contributed by atoms with Crippen LogP contribution in [0.2, 0.25) is 0 Å². The summed E-state index contributed by atoms with van der Waals surface area (Å²) in [7, 11) is 0. The third-order valence-electron chi connectivity index (χ3n) is 2.41. The van der Waals surface area contributed by atoms with Crippen LogP contribution < -0.4 is 0 Å². The Morgan fingerprint density at radius 2 is 2.24 bits per heavy atom. The van der Waals surface area contributed by atoms with Gasteiger partial charge in [-0.15, -0.1) is 0 Å². The van der Waals surface area contributed by atoms with Gasteiger partial charge in [0.15, 0.2) is 0 Å². The molecule has 17 heavy (non-hydrogen) atoms. The van der Waals surface area contributed by atoms with Gasteiger partial charge in [-0.2, -0.15) is 5.10 Å². The number of carboxylic acids is 1. The van der Waals surface area contributed by atoms with E-state index in [1.165, 1.54) is 6.07 Å². The fourth-order valence-corrected chi connectivity index (χ4v) is 1.57. The summed E-state index contributed by atoms with van der Waals surface area (Å²) in [6, 6.07) is 8.70. The number of alkyl halides is 1. The number of H-pyrrole nitrogens is 1. The van der Waals surface area contributed by atoms with Crippen LogP contribution in [0, 0.1) is 0 Å². The van der Waals surface area contributed by atoms with Crippen molar-refractivity contribution < 1.29 is 14.3 Å². The Hall–Kier alpha value is -2.17. The van der Waals surface area contributed by atoms with E-state index in [4.69, 9.17) is 5.11 Å². The number of aromatic nitrogens is 2. The Bertz CT molecular complexity index is 537. The number of hydrogen-bond donors (Lipinski definition) is 2. The van der Waals surface area contributed by atoms with Gasteiger partial charge in [0.25, 0.3) is 0 Å². The van der Waals surface area contributed by atoms with Gasteiger partial charge in [-0.3, -0.25) is 9.49 Å². The number of halogens is 1. The predicted molar refractivity (Wildman–Crippen MR) is 60.7 cm³/mol. The van der Waals surface area contributed by atoms with Crippen LogP contribution in [0.3, 0.4) is 0 Å². The predicted octanol–water partition coefficient (Wildman–Crippen LogP) is 2.29. The number of nitrogens with zero attached hydrogens (tertiary/aromatic N) is 1. The molecule has 0 unspecified atom stereocenters. The van der Waals surface area contributed by atoms with Crippen LogP contribution in [-0.4, -0.2) is 27.9 Å². The molecule has 2 N–H and O–H groups in total. The normalized spacial score (nSPS) is 10.4. The molecule has 0 amide bonds. The van der Waals surface area contributed by atoms with Crippen LogP contribution >= 0.6 is 0 Å². The Kier molecular flexibility index (Phi) is 3.18. The number of aromatic amines is 1. The quantitative estimate of drug-likeness (QED) is 0.852. The summed E-state index contributed by atoms with van der Waals surface area (Å²) in [5, 5.41) is 15.1. The molecular formula is C12H11FN2O2. The van der Waals surface area contributed by atoms with Crippen molar-refractivity contribution in [3.63, 3.8) is 0 Å². The van der Waals surface area contributed by atoms with Crippen molar-refractivity contribution in [2.75, 3.05) is 6.67 Å². The molecule has 4 nitrogen and oxygen atoms in total. The molecular weight excluding hydrogens is 223 g/mol. The van der Waals surface area contributed by atoms with E-state index in [2.05, 4.69) is 10.2 Å². The molecule has 0 aliphatic rings. The number of nitrogens with one attached hydrogen (secondary N) is 1. The summed E-state index contributed by atoms with van der Waals surface area (Å²) in [6.07, 6.45) is 0.351. The summed E-state index contributed by atoms with van der Waals surface area (Å²) >= 11 is 0. The number of benzene rings is 1. The van der Waals surface area contributed by atoms with Gasteiger partial charge >= 0.3 is 5.97 Å². The van der Waals surface area contributed by atoms with E-state index in [-0.39, 0.29) is 5.69 Å². The molecule has 0 aliphatic carbocycles. The molecule has 0 radical (unpaired) electrons. The lowest BCUT2D eigenvalue weighted by atomic mass is 10.1. The molecule has 2 rings (SSSR count). The first-order valence-corrected chi connectivity index (χ1v) is 5.14. The second-order valence-electron chi connectivity index (χ2n) is 3.61. The molecule has 0 atom stereocenters. The number of carboxylic acid groups (broad SMARTS) is 1. The third-order valence-corrected chi connectivity index (χ3v) is 2.41. The summed E-state index contributed by atoms with van der Waals surface area (Å²) in [4.78, 5) is 10.7. The van der Waals surface area contributed by atoms with Crippen LogP contribution in [0.15, 0.2) is 30.3 Å². The lowest BCUT2D eigenvalue weighted by Gasteiger charge is -2.00. The Labute approximate surface area is 97.1 Å². The minimum Gasteiger partial charge on any atom is -0.477 e. The van der Waals surface area contributed by atoms with Gasteiger partial charge < -0.3 is 5.11 Å². The number of hydrogen-bond acceptors (Lipinski definition) is 2. The van der Waals surface area contributed by atoms with Crippen molar-refractivity contribution in [1.29, 1.82) is 0 Å². The zero-order valence-corrected chi connectivity index (χ0v) is 8.98. The average Bonchev–Trinajstić information content (AvgIpc) is 2.79. The fraction of sp³-hybridized carbons (Fsp3) is 0.167. The smallest absolute Gasteiger partial charge is 0.353 e. The Morgan fingerprint density at radius 3 is 2.88 bits per heavy atom. The van der Waals surface area contributed by atoms with Crippen molar-refractivity contribution in [3.05, 3.63) is 41.6 Å². The van der Waals surface area contributed by atoms with Gasteiger partial charge in [0, 0.05) is 12.0 Å². The molecule has 88 valence electrons. The highest BCUT2D eigenvalue weighted by atomic mass is 19.1. The van der Waals surface area contributed by atoms with E-state index in [0.717, 1.165) is 11.1 Å². The fourth-order valence-electron chi connectivity index (χ4n) is 1.57. The van der Waals surface area contributed by atoms with Gasteiger partial charge in [0.1, 0.15) is 5.69 Å². The first-order valence-electron chi connectivity index (χ1n) is 5.14. The first-order chi connectivity index (χ1) is 8.20. The average molecular weight is 234 g/mol. The summed E-state index contributed by atoms with van der Waals surface area (Å²) in [5.74, 6) is -1.05. The molecule has 1 heterocycles. The largest absolute Gasteiger partial charge is 0.477 e. The lowest BCUT2D eigenvalue weighted by molar-refractivity contribution is 0.0690. The second kappa shape index (κ2) is 4.78. The topological polar surface area (TPSA) is 66.0 Å². The molecule has 1 aromatic heterocycles. The lowest BCUT2D eigenvalue weighted by Crippen LogP contribution is -1.95. The molecule has 0 bridgehead atoms. The summed E-state index contributed by atoms with van der Waals surface area (Å²) in [6.45, 7) is -0.412. The maximum Gasteiger partial charge on any atom is 0.353 e. The SMILES string of the molecule is O=C(O)c1cc(-c2cccc(CCF)c2)n[nH]1. The van der Waals surface area contributed by atoms with E-state index in [0.29, 0.717) is 12.1 Å². The Balaban J connectivity index is 2.31. The van der Waals surface area contributed by atoms with Gasteiger partial charge in [-0.1, -0.05) is 18.2 Å². The van der Waals surface area contributed by atoms with Gasteiger partial charge in [0.2, 0.25) is 0 Å². The highest BCUT2D eigenvalue weighted by Gasteiger charge is 2.09. The van der Waals surface area contributed by atoms with E-state index < -0.39 is 12.6 Å². The third kappa shape index (κ3) is 2.50. The molecule has 0 saturated heterocycles. The van der Waals surface area contributed by atoms with Crippen molar-refractivity contribution in [1.82, 2.24) is 10.2 Å². The van der Waals surface area contributed by atoms with E-state index in [1.54, 1.807) is 12.1 Å². The zero-order chi connectivity index (χ0) is 12.3. The van der Waals surface area contributed by atoms with Gasteiger partial charge in [0.05, 0.1) is 12.4 Å². The maximum absolute atomic E-state index is 12.2. The highest BCUT2D eigenvalue weighted by molar-refractivity contribution is 5.86. The zero-order valence-electron chi connectivity index (χ0n) is 8.98. The minimum absolute atomic E-state index is 0.0379. The standard InChI is InChI=1S/C12H11FN2O2/c13-5-4-8-2-1-3-9(6-8)10-7-11(12(16)17)15-14-10/h1-3,6-7H,4-5H2,(H,14,15)(H,16,17). The highest BCUT2D eigenvalue weighted by Crippen LogP contribution is 2.19. The molecule has 0 aliphatic heterocycles. The molecule has 2 aromatic rings. The number of aromatic carboxylic acids is 1. The minimum atomic E-state index is -1.05. The maximum atomic E-state index is 12.2. The molecule has 1 aromatic carbocycles. The van der Waals surface area contributed by atoms with Crippen LogP contribution in [0.4, 0.5) is 4.39 Å². The van der Waals surface area contributed by atoms with Crippen molar-refractivity contribution >= 4 is 5.97 Å². The van der Waals surface area contributed by atoms with Crippen LogP contribution in [0.1, 0.15) is 16.1 Å².